The number of nitrogens with zero attached hydrogens (tertiary/aromatic N) is 1. The number of nitrogens with one attached hydrogen (secondary N) is 2. The van der Waals surface area contributed by atoms with E-state index in [-0.39, 0.29) is 23.1 Å². The second-order valence-corrected chi connectivity index (χ2v) is 7.05. The quantitative estimate of drug-likeness (QED) is 0.188. The number of carboxylic acids is 1. The Balaban J connectivity index is 1.77. The van der Waals surface area contributed by atoms with Gasteiger partial charge in [-0.15, -0.1) is 0 Å². The molecule has 2 aromatic carbocycles. The van der Waals surface area contributed by atoms with Crippen LogP contribution in [-0.2, 0) is 9.59 Å². The molecule has 0 aromatic heterocycles. The van der Waals surface area contributed by atoms with E-state index < -0.39 is 5.97 Å². The van der Waals surface area contributed by atoms with Gasteiger partial charge in [-0.2, -0.15) is 0 Å². The van der Waals surface area contributed by atoms with Gasteiger partial charge in [0, 0.05) is 19.2 Å². The number of hydrogen-bond acceptors (Lipinski definition) is 5. The molecule has 0 radical (unpaired) electrons. The third-order valence-electron chi connectivity index (χ3n) is 4.79. The lowest BCUT2D eigenvalue weighted by Crippen LogP contribution is -2.27. The summed E-state index contributed by atoms with van der Waals surface area (Å²) < 4.78 is 0. The van der Waals surface area contributed by atoms with Gasteiger partial charge in [0.2, 0.25) is 5.91 Å². The summed E-state index contributed by atoms with van der Waals surface area (Å²) in [6, 6.07) is 14.0. The summed E-state index contributed by atoms with van der Waals surface area (Å²) in [5, 5.41) is 26.1. The molecule has 8 nitrogen and oxygen atoms in total. The average molecular weight is 425 g/mol. The van der Waals surface area contributed by atoms with Crippen LogP contribution in [0.15, 0.2) is 53.7 Å². The van der Waals surface area contributed by atoms with Crippen molar-refractivity contribution in [2.75, 3.05) is 12.4 Å². The highest BCUT2D eigenvalue weighted by molar-refractivity contribution is 6.38. The summed E-state index contributed by atoms with van der Waals surface area (Å²) in [5.41, 5.74) is 2.76. The zero-order valence-electron chi connectivity index (χ0n) is 17.4. The van der Waals surface area contributed by atoms with Gasteiger partial charge in [0.15, 0.2) is 0 Å². The Hall–Kier alpha value is -3.68. The van der Waals surface area contributed by atoms with Crippen molar-refractivity contribution in [1.82, 2.24) is 5.32 Å². The predicted molar refractivity (Wildman–Crippen MR) is 118 cm³/mol. The molecule has 0 atom stereocenters. The van der Waals surface area contributed by atoms with E-state index in [2.05, 4.69) is 15.8 Å². The number of amides is 2. The van der Waals surface area contributed by atoms with Gasteiger partial charge in [0.25, 0.3) is 5.91 Å². The van der Waals surface area contributed by atoms with Crippen molar-refractivity contribution in [3.8, 4) is 11.1 Å². The third-order valence-corrected chi connectivity index (χ3v) is 4.79. The number of anilines is 1. The first-order valence-electron chi connectivity index (χ1n) is 10.1. The average Bonchev–Trinajstić information content (AvgIpc) is 2.78. The van der Waals surface area contributed by atoms with Crippen LogP contribution in [0.1, 0.15) is 48.9 Å². The second kappa shape index (κ2) is 12.1. The zero-order chi connectivity index (χ0) is 22.6. The Morgan fingerprint density at radius 1 is 0.903 bits per heavy atom. The number of rotatable bonds is 11. The van der Waals surface area contributed by atoms with Crippen molar-refractivity contribution < 1.29 is 24.7 Å². The normalized spacial score (nSPS) is 11.1. The van der Waals surface area contributed by atoms with Gasteiger partial charge in [-0.05, 0) is 54.7 Å². The molecule has 2 aromatic rings. The summed E-state index contributed by atoms with van der Waals surface area (Å²) in [7, 11) is 1.48. The number of aromatic carboxylic acids is 1. The molecule has 0 aliphatic rings. The molecule has 2 amide bonds. The van der Waals surface area contributed by atoms with E-state index in [1.165, 1.54) is 7.05 Å². The minimum atomic E-state index is -0.971. The van der Waals surface area contributed by atoms with Crippen LogP contribution in [0.3, 0.4) is 0 Å². The number of carbonyl (C=O) groups is 3. The number of carbonyl (C=O) groups excluding carboxylic acids is 2. The standard InChI is InChI=1S/C23H27N3O5/c1-24-22(28)20(26-31)9-4-2-3-5-10-21(27)25-19-8-6-7-18(15-19)16-11-13-17(14-12-16)23(29)30/h6-8,11-15,31H,2-5,9-10H2,1H3,(H,24,28)(H,25,27)(H,29,30)/b26-20-. The van der Waals surface area contributed by atoms with Crippen LogP contribution < -0.4 is 10.6 Å². The van der Waals surface area contributed by atoms with Gasteiger partial charge in [-0.3, -0.25) is 9.59 Å². The van der Waals surface area contributed by atoms with Crippen LogP contribution in [0.25, 0.3) is 11.1 Å². The molecule has 2 rings (SSSR count). The van der Waals surface area contributed by atoms with Crippen molar-refractivity contribution in [3.63, 3.8) is 0 Å². The smallest absolute Gasteiger partial charge is 0.335 e. The highest BCUT2D eigenvalue weighted by Crippen LogP contribution is 2.23. The Morgan fingerprint density at radius 2 is 1.58 bits per heavy atom. The lowest BCUT2D eigenvalue weighted by atomic mass is 10.0. The molecular weight excluding hydrogens is 398 g/mol. The van der Waals surface area contributed by atoms with Gasteiger partial charge in [-0.25, -0.2) is 4.79 Å². The first-order chi connectivity index (χ1) is 14.9. The first kappa shape index (κ1) is 23.6. The highest BCUT2D eigenvalue weighted by Gasteiger charge is 2.10. The number of carboxylic acid groups (broad SMARTS) is 1. The second-order valence-electron chi connectivity index (χ2n) is 7.05. The highest BCUT2D eigenvalue weighted by atomic mass is 16.4. The van der Waals surface area contributed by atoms with E-state index in [4.69, 9.17) is 10.3 Å². The van der Waals surface area contributed by atoms with Crippen molar-refractivity contribution >= 4 is 29.2 Å². The number of oxime groups is 1. The fourth-order valence-corrected chi connectivity index (χ4v) is 3.09. The minimum absolute atomic E-state index is 0.0821. The minimum Gasteiger partial charge on any atom is -0.478 e. The van der Waals surface area contributed by atoms with Gasteiger partial charge in [0.1, 0.15) is 5.71 Å². The summed E-state index contributed by atoms with van der Waals surface area (Å²) in [4.78, 5) is 34.6. The van der Waals surface area contributed by atoms with Crippen LogP contribution in [0.5, 0.6) is 0 Å². The molecule has 0 bridgehead atoms. The summed E-state index contributed by atoms with van der Waals surface area (Å²) >= 11 is 0. The maximum absolute atomic E-state index is 12.2. The van der Waals surface area contributed by atoms with Gasteiger partial charge >= 0.3 is 5.97 Å². The molecule has 4 N–H and O–H groups in total. The molecule has 0 unspecified atom stereocenters. The van der Waals surface area contributed by atoms with E-state index in [0.29, 0.717) is 31.4 Å². The van der Waals surface area contributed by atoms with Gasteiger partial charge in [-0.1, -0.05) is 42.3 Å². The molecule has 0 saturated heterocycles. The Bertz CT molecular complexity index is 938. The van der Waals surface area contributed by atoms with E-state index in [0.717, 1.165) is 24.0 Å². The monoisotopic (exact) mass is 425 g/mol. The van der Waals surface area contributed by atoms with Crippen molar-refractivity contribution in [3.05, 3.63) is 54.1 Å². The maximum Gasteiger partial charge on any atom is 0.335 e. The molecule has 31 heavy (non-hydrogen) atoms. The van der Waals surface area contributed by atoms with E-state index in [1.807, 2.05) is 24.3 Å². The molecule has 0 fully saturated rings. The molecule has 0 spiro atoms. The fourth-order valence-electron chi connectivity index (χ4n) is 3.09. The van der Waals surface area contributed by atoms with Crippen LogP contribution in [0.4, 0.5) is 5.69 Å². The van der Waals surface area contributed by atoms with Crippen molar-refractivity contribution in [2.45, 2.75) is 38.5 Å². The SMILES string of the molecule is CNC(=O)/C(CCCCCCC(=O)Nc1cccc(-c2ccc(C(=O)O)cc2)c1)=N\O. The molecular formula is C23H27N3O5. The molecule has 0 saturated carbocycles. The van der Waals surface area contributed by atoms with Crippen molar-refractivity contribution in [2.24, 2.45) is 5.16 Å². The summed E-state index contributed by atoms with van der Waals surface area (Å²) in [5.74, 6) is -1.44. The zero-order valence-corrected chi connectivity index (χ0v) is 17.4. The predicted octanol–water partition coefficient (Wildman–Crippen LogP) is 3.91. The molecule has 0 aliphatic carbocycles. The Labute approximate surface area is 181 Å². The van der Waals surface area contributed by atoms with Crippen LogP contribution >= 0.6 is 0 Å². The summed E-state index contributed by atoms with van der Waals surface area (Å²) in [6.45, 7) is 0. The largest absolute Gasteiger partial charge is 0.478 e. The fraction of sp³-hybridized carbons (Fsp3) is 0.304. The number of hydrogen-bond donors (Lipinski definition) is 4. The third kappa shape index (κ3) is 7.58. The van der Waals surface area contributed by atoms with Crippen LogP contribution in [0, 0.1) is 0 Å². The number of benzene rings is 2. The molecule has 0 heterocycles. The number of unbranched alkanes of at least 4 members (excludes halogenated alkanes) is 3. The van der Waals surface area contributed by atoms with Crippen molar-refractivity contribution in [1.29, 1.82) is 0 Å². The van der Waals surface area contributed by atoms with E-state index >= 15 is 0 Å². The van der Waals surface area contributed by atoms with Crippen LogP contribution in [-0.4, -0.2) is 40.9 Å². The molecule has 0 aliphatic heterocycles. The Kier molecular flexibility index (Phi) is 9.22. The van der Waals surface area contributed by atoms with Gasteiger partial charge < -0.3 is 20.9 Å². The lowest BCUT2D eigenvalue weighted by molar-refractivity contribution is -0.116. The van der Waals surface area contributed by atoms with Gasteiger partial charge in [0.05, 0.1) is 5.56 Å². The summed E-state index contributed by atoms with van der Waals surface area (Å²) in [6.07, 6.45) is 3.85. The first-order valence-corrected chi connectivity index (χ1v) is 10.1. The molecule has 164 valence electrons. The van der Waals surface area contributed by atoms with E-state index in [9.17, 15) is 14.4 Å². The topological polar surface area (TPSA) is 128 Å². The lowest BCUT2D eigenvalue weighted by Gasteiger charge is -2.08. The molecule has 8 heteroatoms. The maximum atomic E-state index is 12.2. The van der Waals surface area contributed by atoms with E-state index in [1.54, 1.807) is 24.3 Å². The van der Waals surface area contributed by atoms with Crippen LogP contribution in [0.2, 0.25) is 0 Å². The Morgan fingerprint density at radius 3 is 2.19 bits per heavy atom.